The molecule has 6 nitrogen and oxygen atoms in total. The van der Waals surface area contributed by atoms with Crippen LogP contribution in [0.15, 0.2) is 42.5 Å². The third kappa shape index (κ3) is 4.31. The van der Waals surface area contributed by atoms with Crippen LogP contribution in [0, 0.1) is 5.41 Å². The van der Waals surface area contributed by atoms with E-state index in [2.05, 4.69) is 16.0 Å². The Labute approximate surface area is 154 Å². The highest BCUT2D eigenvalue weighted by molar-refractivity contribution is 5.85. The number of nitrogens with one attached hydrogen (secondary N) is 3. The predicted molar refractivity (Wildman–Crippen MR) is 99.7 cm³/mol. The van der Waals surface area contributed by atoms with Gasteiger partial charge in [-0.25, -0.2) is 0 Å². The molecule has 1 fully saturated rings. The van der Waals surface area contributed by atoms with Crippen LogP contribution in [0.3, 0.4) is 0 Å². The van der Waals surface area contributed by atoms with Gasteiger partial charge in [0.05, 0.1) is 24.5 Å². The number of benzene rings is 1. The van der Waals surface area contributed by atoms with Crippen LogP contribution in [0.25, 0.3) is 0 Å². The molecular formula is C20H27N3O3. The van der Waals surface area contributed by atoms with E-state index in [4.69, 9.17) is 4.74 Å². The molecule has 2 amide bonds. The predicted octanol–water partition coefficient (Wildman–Crippen LogP) is 0.957. The van der Waals surface area contributed by atoms with Gasteiger partial charge in [-0.2, -0.15) is 0 Å². The van der Waals surface area contributed by atoms with E-state index in [-0.39, 0.29) is 29.2 Å². The first-order valence-corrected chi connectivity index (χ1v) is 9.18. The summed E-state index contributed by atoms with van der Waals surface area (Å²) in [5, 5.41) is 9.18. The Balaban J connectivity index is 1.73. The Bertz CT molecular complexity index is 656. The Morgan fingerprint density at radius 1 is 1.12 bits per heavy atom. The van der Waals surface area contributed by atoms with Gasteiger partial charge < -0.3 is 20.7 Å². The van der Waals surface area contributed by atoms with Crippen molar-refractivity contribution in [3.63, 3.8) is 0 Å². The molecule has 0 bridgehead atoms. The summed E-state index contributed by atoms with van der Waals surface area (Å²) in [4.78, 5) is 25.3. The summed E-state index contributed by atoms with van der Waals surface area (Å²) in [6.45, 7) is 4.43. The summed E-state index contributed by atoms with van der Waals surface area (Å²) in [6.07, 6.45) is 4.63. The second-order valence-electron chi connectivity index (χ2n) is 7.18. The molecular weight excluding hydrogens is 330 g/mol. The smallest absolute Gasteiger partial charge is 0.230 e. The molecule has 140 valence electrons. The first kappa shape index (κ1) is 18.6. The average molecular weight is 357 g/mol. The number of carbonyl (C=O) groups is 2. The van der Waals surface area contributed by atoms with Crippen molar-refractivity contribution < 1.29 is 14.3 Å². The SMILES string of the molecule is C[C@@H]1CNC(=O)C2(C/C=C/COCC(c3ccccc3)C(=O)N1)CNC2. The summed E-state index contributed by atoms with van der Waals surface area (Å²) in [7, 11) is 0. The minimum absolute atomic E-state index is 0.0413. The fourth-order valence-electron chi connectivity index (χ4n) is 3.29. The third-order valence-electron chi connectivity index (χ3n) is 5.06. The molecule has 2 heterocycles. The highest BCUT2D eigenvalue weighted by Gasteiger charge is 2.43. The van der Waals surface area contributed by atoms with Gasteiger partial charge in [0.15, 0.2) is 0 Å². The summed E-state index contributed by atoms with van der Waals surface area (Å²) in [5.74, 6) is -0.411. The second-order valence-corrected chi connectivity index (χ2v) is 7.18. The second kappa shape index (κ2) is 8.47. The van der Waals surface area contributed by atoms with Crippen LogP contribution in [-0.2, 0) is 14.3 Å². The van der Waals surface area contributed by atoms with Crippen molar-refractivity contribution in [3.05, 3.63) is 48.0 Å². The summed E-state index contributed by atoms with van der Waals surface area (Å²) in [6, 6.07) is 9.49. The quantitative estimate of drug-likeness (QED) is 0.654. The van der Waals surface area contributed by atoms with Crippen LogP contribution in [0.1, 0.15) is 24.8 Å². The number of rotatable bonds is 1. The Morgan fingerprint density at radius 2 is 1.88 bits per heavy atom. The van der Waals surface area contributed by atoms with Crippen LogP contribution in [-0.4, -0.2) is 50.7 Å². The molecule has 1 aromatic rings. The summed E-state index contributed by atoms with van der Waals surface area (Å²) in [5.41, 5.74) is 0.550. The minimum atomic E-state index is -0.378. The molecule has 6 heteroatoms. The van der Waals surface area contributed by atoms with Gasteiger partial charge in [-0.1, -0.05) is 42.5 Å². The van der Waals surface area contributed by atoms with Crippen LogP contribution in [0.2, 0.25) is 0 Å². The maximum atomic E-state index is 12.7. The maximum Gasteiger partial charge on any atom is 0.230 e. The van der Waals surface area contributed by atoms with Gasteiger partial charge in [-0.05, 0) is 18.9 Å². The van der Waals surface area contributed by atoms with Crippen LogP contribution < -0.4 is 16.0 Å². The van der Waals surface area contributed by atoms with Gasteiger partial charge in [-0.3, -0.25) is 9.59 Å². The molecule has 2 atom stereocenters. The van der Waals surface area contributed by atoms with Crippen molar-refractivity contribution in [2.75, 3.05) is 32.8 Å². The van der Waals surface area contributed by atoms with E-state index in [1.54, 1.807) is 0 Å². The summed E-state index contributed by atoms with van der Waals surface area (Å²) < 4.78 is 5.73. The van der Waals surface area contributed by atoms with Crippen LogP contribution >= 0.6 is 0 Å². The molecule has 0 aliphatic carbocycles. The van der Waals surface area contributed by atoms with E-state index in [1.807, 2.05) is 49.4 Å². The topological polar surface area (TPSA) is 79.5 Å². The third-order valence-corrected chi connectivity index (χ3v) is 5.06. The standard InChI is InChI=1S/C20H27N3O3/c1-15-11-22-19(25)20(13-21-14-20)9-5-6-10-26-12-17(18(24)23-15)16-7-3-2-4-8-16/h2-8,15,17,21H,9-14H2,1H3,(H,22,25)(H,23,24)/b6-5+/t15-,17?/m1/s1. The number of amides is 2. The lowest BCUT2D eigenvalue weighted by atomic mass is 9.77. The first-order chi connectivity index (χ1) is 12.6. The monoisotopic (exact) mass is 357 g/mol. The molecule has 1 spiro atoms. The number of carbonyl (C=O) groups excluding carboxylic acids is 2. The van der Waals surface area contributed by atoms with E-state index in [0.29, 0.717) is 39.3 Å². The van der Waals surface area contributed by atoms with Crippen molar-refractivity contribution in [1.82, 2.24) is 16.0 Å². The number of hydrogen-bond donors (Lipinski definition) is 3. The Morgan fingerprint density at radius 3 is 2.58 bits per heavy atom. The fourth-order valence-corrected chi connectivity index (χ4v) is 3.29. The van der Waals surface area contributed by atoms with Gasteiger partial charge in [0, 0.05) is 25.7 Å². The molecule has 1 aromatic carbocycles. The molecule has 0 saturated carbocycles. The lowest BCUT2D eigenvalue weighted by Crippen LogP contribution is -2.62. The first-order valence-electron chi connectivity index (χ1n) is 9.18. The average Bonchev–Trinajstić information content (AvgIpc) is 2.60. The zero-order chi connectivity index (χ0) is 18.4. The van der Waals surface area contributed by atoms with Crippen molar-refractivity contribution in [3.8, 4) is 0 Å². The van der Waals surface area contributed by atoms with Crippen LogP contribution in [0.4, 0.5) is 0 Å². The number of ether oxygens (including phenoxy) is 1. The Hall–Kier alpha value is -2.18. The number of hydrogen-bond acceptors (Lipinski definition) is 4. The zero-order valence-electron chi connectivity index (χ0n) is 15.2. The van der Waals surface area contributed by atoms with E-state index < -0.39 is 0 Å². The lowest BCUT2D eigenvalue weighted by Gasteiger charge is -2.40. The molecule has 1 unspecified atom stereocenters. The van der Waals surface area contributed by atoms with Crippen LogP contribution in [0.5, 0.6) is 0 Å². The van der Waals surface area contributed by atoms with Gasteiger partial charge in [-0.15, -0.1) is 0 Å². The Kier molecular flexibility index (Phi) is 6.06. The van der Waals surface area contributed by atoms with Crippen molar-refractivity contribution in [1.29, 1.82) is 0 Å². The minimum Gasteiger partial charge on any atom is -0.376 e. The molecule has 2 aliphatic heterocycles. The van der Waals surface area contributed by atoms with Gasteiger partial charge in [0.1, 0.15) is 0 Å². The fraction of sp³-hybridized carbons (Fsp3) is 0.500. The maximum absolute atomic E-state index is 12.7. The molecule has 0 aromatic heterocycles. The van der Waals surface area contributed by atoms with Gasteiger partial charge >= 0.3 is 0 Å². The van der Waals surface area contributed by atoms with E-state index in [0.717, 1.165) is 5.56 Å². The molecule has 1 saturated heterocycles. The summed E-state index contributed by atoms with van der Waals surface area (Å²) >= 11 is 0. The molecule has 0 radical (unpaired) electrons. The van der Waals surface area contributed by atoms with E-state index in [1.165, 1.54) is 0 Å². The molecule has 2 aliphatic rings. The highest BCUT2D eigenvalue weighted by Crippen LogP contribution is 2.28. The van der Waals surface area contributed by atoms with Crippen molar-refractivity contribution in [2.24, 2.45) is 5.41 Å². The van der Waals surface area contributed by atoms with Crippen molar-refractivity contribution >= 4 is 11.8 Å². The molecule has 26 heavy (non-hydrogen) atoms. The van der Waals surface area contributed by atoms with Gasteiger partial charge in [0.2, 0.25) is 11.8 Å². The largest absolute Gasteiger partial charge is 0.376 e. The molecule has 3 N–H and O–H groups in total. The highest BCUT2D eigenvalue weighted by atomic mass is 16.5. The van der Waals surface area contributed by atoms with Crippen molar-refractivity contribution in [2.45, 2.75) is 25.3 Å². The number of allylic oxidation sites excluding steroid dienone is 1. The van der Waals surface area contributed by atoms with E-state index in [9.17, 15) is 9.59 Å². The zero-order valence-corrected chi connectivity index (χ0v) is 15.2. The normalized spacial score (nSPS) is 28.3. The lowest BCUT2D eigenvalue weighted by molar-refractivity contribution is -0.134. The molecule has 3 rings (SSSR count). The van der Waals surface area contributed by atoms with Gasteiger partial charge in [0.25, 0.3) is 0 Å². The van der Waals surface area contributed by atoms with E-state index >= 15 is 0 Å².